The van der Waals surface area contributed by atoms with Crippen LogP contribution in [0, 0.1) is 0 Å². The molecule has 0 aliphatic carbocycles. The van der Waals surface area contributed by atoms with Crippen LogP contribution in [-0.2, 0) is 0 Å². The molecule has 0 amide bonds. The van der Waals surface area contributed by atoms with Crippen LogP contribution in [0.5, 0.6) is 0 Å². The molecule has 0 unspecified atom stereocenters. The van der Waals surface area contributed by atoms with Gasteiger partial charge in [0.05, 0.1) is 6.04 Å². The second-order valence-electron chi connectivity index (χ2n) is 3.50. The molecule has 0 atom stereocenters. The molecule has 0 aromatic carbocycles. The topological polar surface area (TPSA) is 82.5 Å². The smallest absolute Gasteiger partial charge is 0.205 e. The maximum absolute atomic E-state index is 5.57. The first kappa shape index (κ1) is 9.57. The van der Waals surface area contributed by atoms with E-state index in [9.17, 15) is 0 Å². The molecule has 2 aromatic rings. The Morgan fingerprint density at radius 2 is 2.20 bits per heavy atom. The van der Waals surface area contributed by atoms with Crippen molar-refractivity contribution >= 4 is 5.82 Å². The molecule has 0 fully saturated rings. The molecule has 78 valence electrons. The average Bonchev–Trinajstić information content (AvgIpc) is 2.66. The van der Waals surface area contributed by atoms with Crippen LogP contribution in [0.15, 0.2) is 18.3 Å². The number of rotatable bonds is 2. The zero-order chi connectivity index (χ0) is 10.8. The summed E-state index contributed by atoms with van der Waals surface area (Å²) in [6, 6.07) is 3.73. The van der Waals surface area contributed by atoms with Gasteiger partial charge in [-0.3, -0.25) is 0 Å². The fourth-order valence-corrected chi connectivity index (χ4v) is 1.15. The molecule has 6 nitrogen and oxygen atoms in total. The first-order valence-electron chi connectivity index (χ1n) is 4.68. The Morgan fingerprint density at radius 1 is 1.40 bits per heavy atom. The summed E-state index contributed by atoms with van der Waals surface area (Å²) in [6.07, 6.45) is 1.63. The molecule has 2 N–H and O–H groups in total. The lowest BCUT2D eigenvalue weighted by Crippen LogP contribution is -2.04. The zero-order valence-corrected chi connectivity index (χ0v) is 8.62. The molecule has 6 heteroatoms. The minimum absolute atomic E-state index is 0.199. The van der Waals surface area contributed by atoms with Crippen molar-refractivity contribution in [2.45, 2.75) is 19.9 Å². The highest BCUT2D eigenvalue weighted by Crippen LogP contribution is 2.15. The molecule has 2 heterocycles. The number of nitrogens with two attached hydrogens (primary N) is 1. The predicted octanol–water partition coefficient (Wildman–Crippen LogP) is 0.898. The van der Waals surface area contributed by atoms with Crippen molar-refractivity contribution in [3.8, 4) is 11.4 Å². The van der Waals surface area contributed by atoms with Gasteiger partial charge in [-0.2, -0.15) is 4.80 Å². The van der Waals surface area contributed by atoms with Crippen LogP contribution in [0.1, 0.15) is 19.9 Å². The molecule has 0 radical (unpaired) electrons. The lowest BCUT2D eigenvalue weighted by atomic mass is 10.2. The second kappa shape index (κ2) is 3.64. The van der Waals surface area contributed by atoms with Crippen LogP contribution in [0.3, 0.4) is 0 Å². The van der Waals surface area contributed by atoms with Crippen molar-refractivity contribution in [3.05, 3.63) is 18.3 Å². The van der Waals surface area contributed by atoms with E-state index >= 15 is 0 Å². The van der Waals surface area contributed by atoms with E-state index in [1.807, 2.05) is 13.8 Å². The first-order valence-corrected chi connectivity index (χ1v) is 4.68. The normalized spacial score (nSPS) is 10.9. The number of nitrogen functional groups attached to an aromatic ring is 1. The number of anilines is 1. The molecule has 0 saturated carbocycles. The Balaban J connectivity index is 2.37. The molecular weight excluding hydrogens is 192 g/mol. The van der Waals surface area contributed by atoms with E-state index in [2.05, 4.69) is 20.4 Å². The van der Waals surface area contributed by atoms with E-state index in [0.717, 1.165) is 5.56 Å². The van der Waals surface area contributed by atoms with E-state index in [4.69, 9.17) is 5.73 Å². The molecule has 0 bridgehead atoms. The lowest BCUT2D eigenvalue weighted by Gasteiger charge is -1.99. The summed E-state index contributed by atoms with van der Waals surface area (Å²) in [5, 5.41) is 12.1. The van der Waals surface area contributed by atoms with Crippen LogP contribution >= 0.6 is 0 Å². The van der Waals surface area contributed by atoms with Gasteiger partial charge in [-0.25, -0.2) is 4.98 Å². The molecule has 0 aliphatic rings. The first-order chi connectivity index (χ1) is 7.16. The summed E-state index contributed by atoms with van der Waals surface area (Å²) in [4.78, 5) is 5.46. The summed E-state index contributed by atoms with van der Waals surface area (Å²) in [5.41, 5.74) is 6.40. The van der Waals surface area contributed by atoms with E-state index in [1.54, 1.807) is 23.1 Å². The van der Waals surface area contributed by atoms with Crippen LogP contribution in [0.4, 0.5) is 5.82 Å². The van der Waals surface area contributed by atoms with Gasteiger partial charge in [0, 0.05) is 11.8 Å². The van der Waals surface area contributed by atoms with Gasteiger partial charge in [0.1, 0.15) is 5.82 Å². The summed E-state index contributed by atoms with van der Waals surface area (Å²) < 4.78 is 0. The molecule has 0 spiro atoms. The summed E-state index contributed by atoms with van der Waals surface area (Å²) >= 11 is 0. The van der Waals surface area contributed by atoms with Gasteiger partial charge in [-0.15, -0.1) is 10.2 Å². The van der Waals surface area contributed by atoms with Crippen LogP contribution < -0.4 is 5.73 Å². The van der Waals surface area contributed by atoms with Gasteiger partial charge in [-0.1, -0.05) is 0 Å². The van der Waals surface area contributed by atoms with Gasteiger partial charge in [0.2, 0.25) is 5.82 Å². The lowest BCUT2D eigenvalue weighted by molar-refractivity contribution is 0.455. The minimum atomic E-state index is 0.199. The molecular formula is C9H12N6. The van der Waals surface area contributed by atoms with Crippen molar-refractivity contribution in [2.75, 3.05) is 5.73 Å². The maximum atomic E-state index is 5.57. The number of nitrogens with zero attached hydrogens (tertiary/aromatic N) is 5. The molecule has 0 aliphatic heterocycles. The van der Waals surface area contributed by atoms with Gasteiger partial charge >= 0.3 is 0 Å². The number of pyridine rings is 1. The molecule has 2 aromatic heterocycles. The standard InChI is InChI=1S/C9H12N6/c1-6(2)15-13-9(12-14-15)7-3-4-11-8(10)5-7/h3-6H,1-2H3,(H2,10,11). The molecule has 0 saturated heterocycles. The van der Waals surface area contributed by atoms with Gasteiger partial charge in [0.15, 0.2) is 0 Å². The number of hydrogen-bond acceptors (Lipinski definition) is 5. The van der Waals surface area contributed by atoms with Crippen molar-refractivity contribution in [1.29, 1.82) is 0 Å². The summed E-state index contributed by atoms with van der Waals surface area (Å²) in [7, 11) is 0. The fourth-order valence-electron chi connectivity index (χ4n) is 1.15. The Hall–Kier alpha value is -1.98. The van der Waals surface area contributed by atoms with Gasteiger partial charge < -0.3 is 5.73 Å². The number of hydrogen-bond donors (Lipinski definition) is 1. The highest BCUT2D eigenvalue weighted by Gasteiger charge is 2.07. The Labute approximate surface area is 87.1 Å². The maximum Gasteiger partial charge on any atom is 0.205 e. The third-order valence-corrected chi connectivity index (χ3v) is 1.93. The van der Waals surface area contributed by atoms with Gasteiger partial charge in [-0.05, 0) is 31.2 Å². The summed E-state index contributed by atoms with van der Waals surface area (Å²) in [6.45, 7) is 3.98. The van der Waals surface area contributed by atoms with E-state index in [0.29, 0.717) is 11.6 Å². The second-order valence-corrected chi connectivity index (χ2v) is 3.50. The number of tetrazole rings is 1. The molecule has 2 rings (SSSR count). The highest BCUT2D eigenvalue weighted by molar-refractivity contribution is 5.57. The Morgan fingerprint density at radius 3 is 2.80 bits per heavy atom. The average molecular weight is 204 g/mol. The minimum Gasteiger partial charge on any atom is -0.384 e. The van der Waals surface area contributed by atoms with E-state index < -0.39 is 0 Å². The third-order valence-electron chi connectivity index (χ3n) is 1.93. The van der Waals surface area contributed by atoms with Crippen molar-refractivity contribution < 1.29 is 0 Å². The highest BCUT2D eigenvalue weighted by atomic mass is 15.6. The Kier molecular flexibility index (Phi) is 2.32. The summed E-state index contributed by atoms with van der Waals surface area (Å²) in [5.74, 6) is 1.02. The number of aromatic nitrogens is 5. The Bertz CT molecular complexity index is 461. The van der Waals surface area contributed by atoms with Crippen molar-refractivity contribution in [2.24, 2.45) is 0 Å². The fraction of sp³-hybridized carbons (Fsp3) is 0.333. The largest absolute Gasteiger partial charge is 0.384 e. The zero-order valence-electron chi connectivity index (χ0n) is 8.62. The predicted molar refractivity (Wildman–Crippen MR) is 55.8 cm³/mol. The van der Waals surface area contributed by atoms with Crippen molar-refractivity contribution in [1.82, 2.24) is 25.2 Å². The monoisotopic (exact) mass is 204 g/mol. The van der Waals surface area contributed by atoms with Crippen LogP contribution in [0.25, 0.3) is 11.4 Å². The quantitative estimate of drug-likeness (QED) is 0.785. The van der Waals surface area contributed by atoms with E-state index in [1.165, 1.54) is 0 Å². The van der Waals surface area contributed by atoms with Crippen LogP contribution in [0.2, 0.25) is 0 Å². The van der Waals surface area contributed by atoms with Gasteiger partial charge in [0.25, 0.3) is 0 Å². The SMILES string of the molecule is CC(C)n1nnc(-c2ccnc(N)c2)n1. The molecule has 15 heavy (non-hydrogen) atoms. The van der Waals surface area contributed by atoms with Crippen LogP contribution in [-0.4, -0.2) is 25.2 Å². The van der Waals surface area contributed by atoms with Crippen molar-refractivity contribution in [3.63, 3.8) is 0 Å². The van der Waals surface area contributed by atoms with E-state index in [-0.39, 0.29) is 6.04 Å². The third kappa shape index (κ3) is 1.93.